The van der Waals surface area contributed by atoms with Crippen LogP contribution in [0, 0.1) is 0 Å². The van der Waals surface area contributed by atoms with Crippen molar-refractivity contribution in [3.63, 3.8) is 0 Å². The van der Waals surface area contributed by atoms with E-state index in [0.717, 1.165) is 51.4 Å². The molecule has 67 heavy (non-hydrogen) atoms. The minimum absolute atomic E-state index is 0.0937. The van der Waals surface area contributed by atoms with E-state index in [0.29, 0.717) is 19.3 Å². The molecule has 0 aliphatic rings. The molecule has 0 aromatic heterocycles. The van der Waals surface area contributed by atoms with Crippen molar-refractivity contribution >= 4 is 17.9 Å². The Morgan fingerprint density at radius 2 is 0.612 bits per heavy atom. The summed E-state index contributed by atoms with van der Waals surface area (Å²) in [6.45, 7) is 6.56. The molecule has 0 rings (SSSR count). The summed E-state index contributed by atoms with van der Waals surface area (Å²) in [5.41, 5.74) is 0. The van der Waals surface area contributed by atoms with Crippen LogP contribution in [0.25, 0.3) is 0 Å². The summed E-state index contributed by atoms with van der Waals surface area (Å²) in [7, 11) is 0. The Labute approximate surface area is 415 Å². The first-order chi connectivity index (χ1) is 33.0. The first-order valence-corrected chi connectivity index (χ1v) is 28.8. The third-order valence-corrected chi connectivity index (χ3v) is 12.5. The fraction of sp³-hybridized carbons (Fsp3) is 0.787. The van der Waals surface area contributed by atoms with Gasteiger partial charge in [0.1, 0.15) is 13.2 Å². The largest absolute Gasteiger partial charge is 0.462 e. The van der Waals surface area contributed by atoms with Gasteiger partial charge in [-0.15, -0.1) is 0 Å². The molecule has 0 radical (unpaired) electrons. The predicted molar refractivity (Wildman–Crippen MR) is 288 cm³/mol. The van der Waals surface area contributed by atoms with Crippen LogP contribution >= 0.6 is 0 Å². The lowest BCUT2D eigenvalue weighted by atomic mass is 10.1. The number of allylic oxidation sites excluding steroid dienone is 10. The van der Waals surface area contributed by atoms with Gasteiger partial charge in [-0.3, -0.25) is 14.4 Å². The Bertz CT molecular complexity index is 1210. The standard InChI is InChI=1S/C61H108O6/c1-4-7-10-13-16-19-22-25-27-29-30-32-33-36-39-42-45-48-51-54-60(63)66-57-58(56-65-59(62)53-50-47-44-41-38-35-24-21-18-15-12-9-6-3)67-61(64)55-52-49-46-43-40-37-34-31-28-26-23-20-17-14-11-8-5-2/h16,19,22,25-26,28,35,38,44,47,58H,4-15,17-18,20-21,23-24,27,29-34,36-37,39-43,45-46,48-57H2,1-3H3/b19-16+,25-22+,28-26+,38-35+,47-44+. The van der Waals surface area contributed by atoms with E-state index in [9.17, 15) is 14.4 Å². The molecule has 0 aromatic carbocycles. The Hall–Kier alpha value is -2.89. The van der Waals surface area contributed by atoms with Crippen molar-refractivity contribution in [3.8, 4) is 0 Å². The van der Waals surface area contributed by atoms with E-state index in [1.807, 2.05) is 6.08 Å². The van der Waals surface area contributed by atoms with Crippen LogP contribution in [-0.4, -0.2) is 37.2 Å². The maximum absolute atomic E-state index is 12.8. The second-order valence-corrected chi connectivity index (χ2v) is 19.2. The van der Waals surface area contributed by atoms with Gasteiger partial charge in [-0.25, -0.2) is 0 Å². The number of carbonyl (C=O) groups excluding carboxylic acids is 3. The van der Waals surface area contributed by atoms with Crippen LogP contribution in [0.15, 0.2) is 60.8 Å². The molecule has 6 heteroatoms. The number of hydrogen-bond donors (Lipinski definition) is 0. The van der Waals surface area contributed by atoms with Crippen LogP contribution in [0.2, 0.25) is 0 Å². The van der Waals surface area contributed by atoms with Crippen LogP contribution in [-0.2, 0) is 28.6 Å². The van der Waals surface area contributed by atoms with E-state index < -0.39 is 6.10 Å². The average molecular weight is 938 g/mol. The first-order valence-electron chi connectivity index (χ1n) is 28.8. The second-order valence-electron chi connectivity index (χ2n) is 19.2. The number of esters is 3. The molecule has 1 atom stereocenters. The number of rotatable bonds is 52. The van der Waals surface area contributed by atoms with E-state index in [1.54, 1.807) is 0 Å². The highest BCUT2D eigenvalue weighted by Crippen LogP contribution is 2.15. The number of carbonyl (C=O) groups is 3. The highest BCUT2D eigenvalue weighted by molar-refractivity contribution is 5.71. The smallest absolute Gasteiger partial charge is 0.306 e. The van der Waals surface area contributed by atoms with E-state index in [4.69, 9.17) is 14.2 Å². The van der Waals surface area contributed by atoms with Crippen LogP contribution in [0.1, 0.15) is 290 Å². The molecule has 0 aliphatic carbocycles. The molecule has 0 bridgehead atoms. The normalized spacial score (nSPS) is 12.5. The molecule has 0 saturated heterocycles. The highest BCUT2D eigenvalue weighted by Gasteiger charge is 2.19. The second kappa shape index (κ2) is 55.7. The summed E-state index contributed by atoms with van der Waals surface area (Å²) in [5.74, 6) is -0.962. The fourth-order valence-corrected chi connectivity index (χ4v) is 8.13. The van der Waals surface area contributed by atoms with Crippen molar-refractivity contribution in [3.05, 3.63) is 60.8 Å². The highest BCUT2D eigenvalue weighted by atomic mass is 16.6. The first kappa shape index (κ1) is 64.1. The van der Waals surface area contributed by atoms with Crippen molar-refractivity contribution in [2.24, 2.45) is 0 Å². The number of unbranched alkanes of at least 4 members (excludes halogenated alkanes) is 32. The van der Waals surface area contributed by atoms with Crippen molar-refractivity contribution in [2.45, 2.75) is 297 Å². The van der Waals surface area contributed by atoms with Crippen LogP contribution in [0.3, 0.4) is 0 Å². The van der Waals surface area contributed by atoms with Gasteiger partial charge in [-0.05, 0) is 89.9 Å². The topological polar surface area (TPSA) is 78.9 Å². The average Bonchev–Trinajstić information content (AvgIpc) is 3.33. The Morgan fingerprint density at radius 1 is 0.313 bits per heavy atom. The van der Waals surface area contributed by atoms with Gasteiger partial charge in [0.2, 0.25) is 0 Å². The van der Waals surface area contributed by atoms with Gasteiger partial charge in [0.15, 0.2) is 6.10 Å². The van der Waals surface area contributed by atoms with E-state index in [-0.39, 0.29) is 37.5 Å². The molecule has 0 fully saturated rings. The Morgan fingerprint density at radius 3 is 1.04 bits per heavy atom. The van der Waals surface area contributed by atoms with E-state index >= 15 is 0 Å². The van der Waals surface area contributed by atoms with Crippen LogP contribution in [0.5, 0.6) is 0 Å². The molecular formula is C61H108O6. The number of hydrogen-bond acceptors (Lipinski definition) is 6. The predicted octanol–water partition coefficient (Wildman–Crippen LogP) is 19.2. The third-order valence-electron chi connectivity index (χ3n) is 12.5. The lowest BCUT2D eigenvalue weighted by molar-refractivity contribution is -0.166. The van der Waals surface area contributed by atoms with Gasteiger partial charge in [0, 0.05) is 19.3 Å². The maximum Gasteiger partial charge on any atom is 0.306 e. The molecule has 0 aromatic rings. The summed E-state index contributed by atoms with van der Waals surface area (Å²) in [4.78, 5) is 38.1. The van der Waals surface area contributed by atoms with Crippen molar-refractivity contribution in [1.29, 1.82) is 0 Å². The van der Waals surface area contributed by atoms with Crippen molar-refractivity contribution in [2.75, 3.05) is 13.2 Å². The minimum atomic E-state index is -0.800. The molecule has 6 nitrogen and oxygen atoms in total. The molecule has 0 N–H and O–H groups in total. The summed E-state index contributed by atoms with van der Waals surface area (Å²) in [5, 5.41) is 0. The monoisotopic (exact) mass is 937 g/mol. The zero-order chi connectivity index (χ0) is 48.6. The van der Waals surface area contributed by atoms with Gasteiger partial charge in [0.25, 0.3) is 0 Å². The molecule has 1 unspecified atom stereocenters. The van der Waals surface area contributed by atoms with Crippen LogP contribution < -0.4 is 0 Å². The van der Waals surface area contributed by atoms with Crippen molar-refractivity contribution < 1.29 is 28.6 Å². The van der Waals surface area contributed by atoms with Crippen LogP contribution in [0.4, 0.5) is 0 Å². The van der Waals surface area contributed by atoms with Gasteiger partial charge in [-0.1, -0.05) is 242 Å². The molecule has 0 amide bonds. The summed E-state index contributed by atoms with van der Waals surface area (Å²) in [6, 6.07) is 0. The fourth-order valence-electron chi connectivity index (χ4n) is 8.13. The summed E-state index contributed by atoms with van der Waals surface area (Å²) >= 11 is 0. The minimum Gasteiger partial charge on any atom is -0.462 e. The number of ether oxygens (including phenoxy) is 3. The Kier molecular flexibility index (Phi) is 53.3. The molecule has 0 spiro atoms. The van der Waals surface area contributed by atoms with Crippen molar-refractivity contribution in [1.82, 2.24) is 0 Å². The Balaban J connectivity index is 4.40. The zero-order valence-corrected chi connectivity index (χ0v) is 44.4. The lowest BCUT2D eigenvalue weighted by Gasteiger charge is -2.18. The van der Waals surface area contributed by atoms with Gasteiger partial charge in [-0.2, -0.15) is 0 Å². The molecular weight excluding hydrogens is 829 g/mol. The molecule has 0 aliphatic heterocycles. The zero-order valence-electron chi connectivity index (χ0n) is 44.4. The SMILES string of the molecule is CCCCC/C=C/C=C/CCCCCCCCCCCCC(=O)OCC(COC(=O)CC/C=C/C/C=C/CCCCCCCC)OC(=O)CCCCCCCCC/C=C/CCCCCCCC. The lowest BCUT2D eigenvalue weighted by Crippen LogP contribution is -2.30. The van der Waals surface area contributed by atoms with Gasteiger partial charge >= 0.3 is 17.9 Å². The van der Waals surface area contributed by atoms with Gasteiger partial charge in [0.05, 0.1) is 0 Å². The molecule has 0 saturated carbocycles. The third kappa shape index (κ3) is 53.9. The maximum atomic E-state index is 12.8. The van der Waals surface area contributed by atoms with Gasteiger partial charge < -0.3 is 14.2 Å². The summed E-state index contributed by atoms with van der Waals surface area (Å²) in [6.07, 6.45) is 69.3. The van der Waals surface area contributed by atoms with E-state index in [2.05, 4.69) is 75.5 Å². The summed E-state index contributed by atoms with van der Waals surface area (Å²) < 4.78 is 16.8. The quantitative estimate of drug-likeness (QED) is 0.0199. The molecule has 0 heterocycles. The molecule has 388 valence electrons. The van der Waals surface area contributed by atoms with E-state index in [1.165, 1.54) is 193 Å².